The molecule has 1 aliphatic rings. The lowest BCUT2D eigenvalue weighted by Gasteiger charge is -2.28. The molecule has 128 valence electrons. The van der Waals surface area contributed by atoms with Gasteiger partial charge in [0, 0.05) is 26.1 Å². The molecule has 1 aromatic carbocycles. The zero-order valence-corrected chi connectivity index (χ0v) is 14.0. The van der Waals surface area contributed by atoms with E-state index in [1.807, 2.05) is 0 Å². The van der Waals surface area contributed by atoms with Crippen molar-refractivity contribution in [2.45, 2.75) is 25.3 Å². The van der Waals surface area contributed by atoms with Gasteiger partial charge in [-0.05, 0) is 24.5 Å². The highest BCUT2D eigenvalue weighted by Gasteiger charge is 2.34. The Morgan fingerprint density at radius 1 is 1.39 bits per heavy atom. The van der Waals surface area contributed by atoms with Crippen LogP contribution < -0.4 is 0 Å². The van der Waals surface area contributed by atoms with Crippen molar-refractivity contribution < 1.29 is 22.3 Å². The highest BCUT2D eigenvalue weighted by molar-refractivity contribution is 7.91. The fourth-order valence-corrected chi connectivity index (χ4v) is 4.54. The number of rotatable bonds is 7. The van der Waals surface area contributed by atoms with Gasteiger partial charge in [-0.1, -0.05) is 18.2 Å². The summed E-state index contributed by atoms with van der Waals surface area (Å²) in [6.45, 7) is 0.703. The lowest BCUT2D eigenvalue weighted by molar-refractivity contribution is -0.133. The SMILES string of the molecule is COCCN(C(=O)CCc1ccccc1F)C1CCS(=O)(=O)C1. The van der Waals surface area contributed by atoms with E-state index in [2.05, 4.69) is 0 Å². The monoisotopic (exact) mass is 343 g/mol. The molecule has 1 fully saturated rings. The number of nitrogens with zero attached hydrogens (tertiary/aromatic N) is 1. The van der Waals surface area contributed by atoms with Gasteiger partial charge in [0.2, 0.25) is 5.91 Å². The van der Waals surface area contributed by atoms with E-state index in [9.17, 15) is 17.6 Å². The average Bonchev–Trinajstić information content (AvgIpc) is 2.87. The smallest absolute Gasteiger partial charge is 0.223 e. The van der Waals surface area contributed by atoms with E-state index in [4.69, 9.17) is 4.74 Å². The Morgan fingerprint density at radius 3 is 2.74 bits per heavy atom. The van der Waals surface area contributed by atoms with E-state index in [0.717, 1.165) is 0 Å². The normalized spacial score (nSPS) is 19.7. The molecule has 1 unspecified atom stereocenters. The van der Waals surface area contributed by atoms with E-state index in [1.54, 1.807) is 23.1 Å². The van der Waals surface area contributed by atoms with Gasteiger partial charge in [-0.15, -0.1) is 0 Å². The minimum atomic E-state index is -3.07. The fourth-order valence-electron chi connectivity index (χ4n) is 2.81. The highest BCUT2D eigenvalue weighted by atomic mass is 32.2. The van der Waals surface area contributed by atoms with Crippen molar-refractivity contribution in [1.29, 1.82) is 0 Å². The van der Waals surface area contributed by atoms with Crippen molar-refractivity contribution in [3.05, 3.63) is 35.6 Å². The van der Waals surface area contributed by atoms with Gasteiger partial charge in [0.1, 0.15) is 5.82 Å². The summed E-state index contributed by atoms with van der Waals surface area (Å²) >= 11 is 0. The lowest BCUT2D eigenvalue weighted by Crippen LogP contribution is -2.43. The second-order valence-corrected chi connectivity index (χ2v) is 7.96. The summed E-state index contributed by atoms with van der Waals surface area (Å²) in [4.78, 5) is 14.1. The van der Waals surface area contributed by atoms with Crippen molar-refractivity contribution in [3.8, 4) is 0 Å². The first-order chi connectivity index (χ1) is 10.9. The molecule has 0 spiro atoms. The molecular weight excluding hydrogens is 321 g/mol. The standard InChI is InChI=1S/C16H22FNO4S/c1-22-10-9-18(14-8-11-23(20,21)12-14)16(19)7-6-13-4-2-3-5-15(13)17/h2-5,14H,6-12H2,1H3. The van der Waals surface area contributed by atoms with Crippen LogP contribution in [0.1, 0.15) is 18.4 Å². The molecule has 5 nitrogen and oxygen atoms in total. The molecule has 23 heavy (non-hydrogen) atoms. The Bertz CT molecular complexity index is 647. The molecular formula is C16H22FNO4S. The van der Waals surface area contributed by atoms with Crippen LogP contribution in [0.3, 0.4) is 0 Å². The molecule has 0 aromatic heterocycles. The van der Waals surface area contributed by atoms with Crippen LogP contribution in [-0.4, -0.2) is 57.0 Å². The van der Waals surface area contributed by atoms with Crippen LogP contribution in [0.15, 0.2) is 24.3 Å². The first-order valence-corrected chi connectivity index (χ1v) is 9.47. The van der Waals surface area contributed by atoms with Gasteiger partial charge in [0.25, 0.3) is 0 Å². The number of benzene rings is 1. The summed E-state index contributed by atoms with van der Waals surface area (Å²) in [5.74, 6) is -0.372. The number of carbonyl (C=O) groups excluding carboxylic acids is 1. The van der Waals surface area contributed by atoms with Gasteiger partial charge in [-0.25, -0.2) is 12.8 Å². The maximum Gasteiger partial charge on any atom is 0.223 e. The number of carbonyl (C=O) groups is 1. The van der Waals surface area contributed by atoms with Crippen molar-refractivity contribution >= 4 is 15.7 Å². The average molecular weight is 343 g/mol. The zero-order chi connectivity index (χ0) is 16.9. The predicted octanol–water partition coefficient (Wildman–Crippen LogP) is 1.42. The van der Waals surface area contributed by atoms with E-state index in [0.29, 0.717) is 31.6 Å². The molecule has 1 heterocycles. The van der Waals surface area contributed by atoms with Crippen LogP contribution in [0.2, 0.25) is 0 Å². The Balaban J connectivity index is 2.00. The third-order valence-corrected chi connectivity index (χ3v) is 5.82. The highest BCUT2D eigenvalue weighted by Crippen LogP contribution is 2.19. The van der Waals surface area contributed by atoms with E-state index >= 15 is 0 Å². The van der Waals surface area contributed by atoms with Gasteiger partial charge in [-0.2, -0.15) is 0 Å². The second kappa shape index (κ2) is 7.88. The third-order valence-electron chi connectivity index (χ3n) is 4.07. The number of methoxy groups -OCH3 is 1. The Kier molecular flexibility index (Phi) is 6.12. The summed E-state index contributed by atoms with van der Waals surface area (Å²) in [5, 5.41) is 0. The van der Waals surface area contributed by atoms with Crippen LogP contribution in [-0.2, 0) is 25.8 Å². The molecule has 0 aliphatic carbocycles. The number of ether oxygens (including phenoxy) is 1. The fraction of sp³-hybridized carbons (Fsp3) is 0.562. The number of hydrogen-bond acceptors (Lipinski definition) is 4. The van der Waals surface area contributed by atoms with Gasteiger partial charge < -0.3 is 9.64 Å². The molecule has 1 atom stereocenters. The first kappa shape index (κ1) is 17.9. The molecule has 1 saturated heterocycles. The minimum absolute atomic E-state index is 0.00214. The van der Waals surface area contributed by atoms with Crippen molar-refractivity contribution in [2.75, 3.05) is 31.8 Å². The largest absolute Gasteiger partial charge is 0.383 e. The summed E-state index contributed by atoms with van der Waals surface area (Å²) in [6, 6.07) is 6.06. The predicted molar refractivity (Wildman–Crippen MR) is 85.4 cm³/mol. The first-order valence-electron chi connectivity index (χ1n) is 7.65. The Hall–Kier alpha value is -1.47. The molecule has 0 saturated carbocycles. The summed E-state index contributed by atoms with van der Waals surface area (Å²) in [6.07, 6.45) is 0.910. The molecule has 1 aromatic rings. The van der Waals surface area contributed by atoms with Crippen molar-refractivity contribution in [1.82, 2.24) is 4.90 Å². The molecule has 1 aliphatic heterocycles. The minimum Gasteiger partial charge on any atom is -0.383 e. The number of halogens is 1. The number of aryl methyl sites for hydroxylation is 1. The molecule has 1 amide bonds. The number of amides is 1. The quantitative estimate of drug-likeness (QED) is 0.751. The van der Waals surface area contributed by atoms with Crippen LogP contribution in [0, 0.1) is 5.82 Å². The zero-order valence-electron chi connectivity index (χ0n) is 13.2. The van der Waals surface area contributed by atoms with Gasteiger partial charge in [0.05, 0.1) is 18.1 Å². The second-order valence-electron chi connectivity index (χ2n) is 5.73. The van der Waals surface area contributed by atoms with Crippen LogP contribution in [0.4, 0.5) is 4.39 Å². The van der Waals surface area contributed by atoms with Crippen LogP contribution in [0.25, 0.3) is 0 Å². The summed E-state index contributed by atoms with van der Waals surface area (Å²) in [5.41, 5.74) is 0.492. The number of hydrogen-bond donors (Lipinski definition) is 0. The number of sulfone groups is 1. The molecule has 0 N–H and O–H groups in total. The molecule has 0 bridgehead atoms. The van der Waals surface area contributed by atoms with Crippen molar-refractivity contribution in [3.63, 3.8) is 0 Å². The molecule has 7 heteroatoms. The van der Waals surface area contributed by atoms with Gasteiger partial charge >= 0.3 is 0 Å². The summed E-state index contributed by atoms with van der Waals surface area (Å²) in [7, 11) is -1.53. The maximum absolute atomic E-state index is 13.6. The maximum atomic E-state index is 13.6. The van der Waals surface area contributed by atoms with E-state index < -0.39 is 9.84 Å². The third kappa shape index (κ3) is 5.00. The summed E-state index contributed by atoms with van der Waals surface area (Å²) < 4.78 is 41.9. The molecule has 2 rings (SSSR count). The van der Waals surface area contributed by atoms with Crippen LogP contribution >= 0.6 is 0 Å². The van der Waals surface area contributed by atoms with E-state index in [-0.39, 0.29) is 35.7 Å². The topological polar surface area (TPSA) is 63.7 Å². The van der Waals surface area contributed by atoms with Gasteiger partial charge in [-0.3, -0.25) is 4.79 Å². The Labute approximate surface area is 136 Å². The molecule has 0 radical (unpaired) electrons. The lowest BCUT2D eigenvalue weighted by atomic mass is 10.1. The van der Waals surface area contributed by atoms with E-state index in [1.165, 1.54) is 13.2 Å². The van der Waals surface area contributed by atoms with Gasteiger partial charge in [0.15, 0.2) is 9.84 Å². The Morgan fingerprint density at radius 2 is 2.13 bits per heavy atom. The van der Waals surface area contributed by atoms with Crippen LogP contribution in [0.5, 0.6) is 0 Å². The van der Waals surface area contributed by atoms with Crippen molar-refractivity contribution in [2.24, 2.45) is 0 Å².